The average molecular weight is 273 g/mol. The minimum atomic E-state index is -1.17. The molecule has 7 heteroatoms. The van der Waals surface area contributed by atoms with Crippen LogP contribution in [0.25, 0.3) is 0 Å². The molecule has 0 radical (unpaired) electrons. The number of carbonyl (C=O) groups excluding carboxylic acids is 2. The van der Waals surface area contributed by atoms with Crippen LogP contribution >= 0.6 is 0 Å². The van der Waals surface area contributed by atoms with E-state index in [9.17, 15) is 18.4 Å². The lowest BCUT2D eigenvalue weighted by molar-refractivity contribution is 0.0466. The van der Waals surface area contributed by atoms with Crippen molar-refractivity contribution in [2.45, 2.75) is 20.8 Å². The Morgan fingerprint density at radius 1 is 1.11 bits per heavy atom. The Labute approximate surface area is 108 Å². The third-order valence-corrected chi connectivity index (χ3v) is 2.25. The van der Waals surface area contributed by atoms with Gasteiger partial charge >= 0.3 is 11.9 Å². The summed E-state index contributed by atoms with van der Waals surface area (Å²) in [5, 5.41) is 0. The van der Waals surface area contributed by atoms with E-state index >= 15 is 0 Å². The SMILES string of the molecule is CCOC(=O)c1nc(F)c(C)c(F)c1C(=O)OCC. The van der Waals surface area contributed by atoms with Crippen molar-refractivity contribution < 1.29 is 27.8 Å². The van der Waals surface area contributed by atoms with Gasteiger partial charge in [-0.05, 0) is 20.8 Å². The van der Waals surface area contributed by atoms with E-state index in [1.54, 1.807) is 0 Å². The second kappa shape index (κ2) is 6.21. The van der Waals surface area contributed by atoms with Gasteiger partial charge in [0, 0.05) is 5.56 Å². The maximum absolute atomic E-state index is 13.9. The molecule has 0 amide bonds. The first-order chi connectivity index (χ1) is 8.93. The molecule has 5 nitrogen and oxygen atoms in total. The van der Waals surface area contributed by atoms with Gasteiger partial charge in [-0.3, -0.25) is 0 Å². The molecule has 0 aromatic carbocycles. The van der Waals surface area contributed by atoms with E-state index in [1.807, 2.05) is 0 Å². The van der Waals surface area contributed by atoms with Crippen LogP contribution in [0.15, 0.2) is 0 Å². The van der Waals surface area contributed by atoms with Crippen molar-refractivity contribution in [1.29, 1.82) is 0 Å². The minimum absolute atomic E-state index is 0.0140. The molecule has 0 atom stereocenters. The van der Waals surface area contributed by atoms with Crippen LogP contribution in [-0.2, 0) is 9.47 Å². The minimum Gasteiger partial charge on any atom is -0.462 e. The fraction of sp³-hybridized carbons (Fsp3) is 0.417. The highest BCUT2D eigenvalue weighted by atomic mass is 19.1. The van der Waals surface area contributed by atoms with Crippen molar-refractivity contribution in [2.24, 2.45) is 0 Å². The van der Waals surface area contributed by atoms with E-state index in [1.165, 1.54) is 13.8 Å². The molecular formula is C12H13F2NO4. The number of aromatic nitrogens is 1. The lowest BCUT2D eigenvalue weighted by Gasteiger charge is -2.10. The molecule has 0 bridgehead atoms. The summed E-state index contributed by atoms with van der Waals surface area (Å²) in [5.41, 5.74) is -1.89. The van der Waals surface area contributed by atoms with Crippen molar-refractivity contribution in [3.8, 4) is 0 Å². The summed E-state index contributed by atoms with van der Waals surface area (Å²) in [7, 11) is 0. The Balaban J connectivity index is 3.43. The zero-order valence-electron chi connectivity index (χ0n) is 10.8. The van der Waals surface area contributed by atoms with E-state index in [2.05, 4.69) is 14.5 Å². The Kier molecular flexibility index (Phi) is 4.91. The monoisotopic (exact) mass is 273 g/mol. The normalized spacial score (nSPS) is 10.2. The largest absolute Gasteiger partial charge is 0.462 e. The highest BCUT2D eigenvalue weighted by Gasteiger charge is 2.28. The van der Waals surface area contributed by atoms with Crippen molar-refractivity contribution in [2.75, 3.05) is 13.2 Å². The van der Waals surface area contributed by atoms with Gasteiger partial charge in [0.25, 0.3) is 0 Å². The standard InChI is InChI=1S/C12H13F2NO4/c1-4-18-11(16)7-8(13)6(3)10(14)15-9(7)12(17)19-5-2/h4-5H2,1-3H3. The van der Waals surface area contributed by atoms with Crippen LogP contribution in [0.4, 0.5) is 8.78 Å². The Morgan fingerprint density at radius 3 is 2.16 bits per heavy atom. The van der Waals surface area contributed by atoms with Crippen molar-refractivity contribution in [3.05, 3.63) is 28.6 Å². The predicted octanol–water partition coefficient (Wildman–Crippen LogP) is 2.02. The van der Waals surface area contributed by atoms with Gasteiger partial charge in [0.15, 0.2) is 5.69 Å². The first-order valence-corrected chi connectivity index (χ1v) is 5.63. The molecule has 0 spiro atoms. The molecule has 0 saturated carbocycles. The molecule has 19 heavy (non-hydrogen) atoms. The molecule has 0 saturated heterocycles. The number of hydrogen-bond donors (Lipinski definition) is 0. The lowest BCUT2D eigenvalue weighted by Crippen LogP contribution is -2.20. The molecule has 1 aromatic rings. The zero-order valence-corrected chi connectivity index (χ0v) is 10.8. The van der Waals surface area contributed by atoms with Crippen LogP contribution in [0.3, 0.4) is 0 Å². The molecule has 104 valence electrons. The summed E-state index contributed by atoms with van der Waals surface area (Å²) < 4.78 is 36.5. The van der Waals surface area contributed by atoms with E-state index in [0.29, 0.717) is 0 Å². The smallest absolute Gasteiger partial charge is 0.358 e. The van der Waals surface area contributed by atoms with Gasteiger partial charge in [-0.15, -0.1) is 0 Å². The molecule has 0 unspecified atom stereocenters. The number of pyridine rings is 1. The Hall–Kier alpha value is -2.05. The zero-order chi connectivity index (χ0) is 14.6. The topological polar surface area (TPSA) is 65.5 Å². The Bertz CT molecular complexity index is 517. The summed E-state index contributed by atoms with van der Waals surface area (Å²) in [6.07, 6.45) is 0. The molecule has 1 aromatic heterocycles. The van der Waals surface area contributed by atoms with Crippen LogP contribution in [0.1, 0.15) is 40.3 Å². The van der Waals surface area contributed by atoms with Crippen LogP contribution in [0, 0.1) is 18.7 Å². The van der Waals surface area contributed by atoms with Crippen LogP contribution < -0.4 is 0 Å². The third-order valence-electron chi connectivity index (χ3n) is 2.25. The van der Waals surface area contributed by atoms with Gasteiger partial charge in [0.1, 0.15) is 11.4 Å². The van der Waals surface area contributed by atoms with Crippen molar-refractivity contribution in [3.63, 3.8) is 0 Å². The van der Waals surface area contributed by atoms with Crippen LogP contribution in [-0.4, -0.2) is 30.1 Å². The fourth-order valence-electron chi connectivity index (χ4n) is 1.36. The fourth-order valence-corrected chi connectivity index (χ4v) is 1.36. The number of halogens is 2. The molecule has 1 heterocycles. The first kappa shape index (κ1) is 15.0. The predicted molar refractivity (Wildman–Crippen MR) is 60.8 cm³/mol. The second-order valence-electron chi connectivity index (χ2n) is 3.51. The Morgan fingerprint density at radius 2 is 1.63 bits per heavy atom. The second-order valence-corrected chi connectivity index (χ2v) is 3.51. The number of hydrogen-bond acceptors (Lipinski definition) is 5. The number of esters is 2. The molecule has 0 aliphatic carbocycles. The van der Waals surface area contributed by atoms with Gasteiger partial charge < -0.3 is 9.47 Å². The van der Waals surface area contributed by atoms with Gasteiger partial charge in [-0.25, -0.2) is 19.0 Å². The summed E-state index contributed by atoms with van der Waals surface area (Å²) in [6.45, 7) is 4.11. The van der Waals surface area contributed by atoms with Crippen LogP contribution in [0.2, 0.25) is 0 Å². The number of ether oxygens (including phenoxy) is 2. The molecule has 0 N–H and O–H groups in total. The van der Waals surface area contributed by atoms with Gasteiger partial charge in [0.2, 0.25) is 5.95 Å². The van der Waals surface area contributed by atoms with Crippen LogP contribution in [0.5, 0.6) is 0 Å². The summed E-state index contributed by atoms with van der Waals surface area (Å²) >= 11 is 0. The first-order valence-electron chi connectivity index (χ1n) is 5.63. The third kappa shape index (κ3) is 3.04. The molecule has 0 fully saturated rings. The maximum Gasteiger partial charge on any atom is 0.358 e. The van der Waals surface area contributed by atoms with Gasteiger partial charge in [0.05, 0.1) is 13.2 Å². The van der Waals surface area contributed by atoms with Gasteiger partial charge in [-0.2, -0.15) is 4.39 Å². The van der Waals surface area contributed by atoms with E-state index in [0.717, 1.165) is 6.92 Å². The number of rotatable bonds is 4. The molecule has 0 aliphatic heterocycles. The average Bonchev–Trinajstić information content (AvgIpc) is 2.35. The highest BCUT2D eigenvalue weighted by molar-refractivity contribution is 6.02. The van der Waals surface area contributed by atoms with Gasteiger partial charge in [-0.1, -0.05) is 0 Å². The molecule has 0 aliphatic rings. The van der Waals surface area contributed by atoms with E-state index < -0.39 is 40.5 Å². The quantitative estimate of drug-likeness (QED) is 0.620. The summed E-state index contributed by atoms with van der Waals surface area (Å²) in [5.74, 6) is -4.51. The summed E-state index contributed by atoms with van der Waals surface area (Å²) in [6, 6.07) is 0. The van der Waals surface area contributed by atoms with E-state index in [-0.39, 0.29) is 13.2 Å². The highest BCUT2D eigenvalue weighted by Crippen LogP contribution is 2.20. The number of carbonyl (C=O) groups is 2. The van der Waals surface area contributed by atoms with E-state index in [4.69, 9.17) is 0 Å². The van der Waals surface area contributed by atoms with Crippen molar-refractivity contribution in [1.82, 2.24) is 4.98 Å². The molecular weight excluding hydrogens is 260 g/mol. The maximum atomic E-state index is 13.9. The summed E-state index contributed by atoms with van der Waals surface area (Å²) in [4.78, 5) is 26.5. The molecule has 1 rings (SSSR count). The number of nitrogens with zero attached hydrogens (tertiary/aromatic N) is 1. The lowest BCUT2D eigenvalue weighted by atomic mass is 10.1. The van der Waals surface area contributed by atoms with Crippen molar-refractivity contribution >= 4 is 11.9 Å².